The molecule has 0 saturated heterocycles. The van der Waals surface area contributed by atoms with Crippen molar-refractivity contribution in [1.29, 1.82) is 0 Å². The molecule has 0 heterocycles. The second-order valence-corrected chi connectivity index (χ2v) is 4.97. The number of Topliss-reactive ketones (excluding diaryl/α,β-unsaturated/α-hetero) is 4. The van der Waals surface area contributed by atoms with Gasteiger partial charge in [0.15, 0.2) is 29.2 Å². The van der Waals surface area contributed by atoms with Crippen molar-refractivity contribution in [2.75, 3.05) is 12.4 Å². The predicted octanol–water partition coefficient (Wildman–Crippen LogP) is -0.246. The Morgan fingerprint density at radius 2 is 1.89 bits per heavy atom. The fourth-order valence-electron chi connectivity index (χ4n) is 1.92. The topological polar surface area (TPSA) is 94.6 Å². The van der Waals surface area contributed by atoms with E-state index in [1.807, 2.05) is 0 Å². The minimum atomic E-state index is -1.60. The Bertz CT molecular complexity index is 444. The van der Waals surface area contributed by atoms with Gasteiger partial charge in [-0.2, -0.15) is 0 Å². The van der Waals surface area contributed by atoms with E-state index in [1.54, 1.807) is 6.92 Å². The van der Waals surface area contributed by atoms with Crippen LogP contribution in [0.15, 0.2) is 0 Å². The molecule has 0 N–H and O–H groups in total. The number of carbonyl (C=O) groups excluding carboxylic acids is 5. The standard InChI is InChI=1S/C12H13BrO6/c1-5(3-13)8(15)7-9(16)6(4-14)10(17)12(19-2)11(7)18/h4-7,12H,3H2,1-2H3. The average molecular weight is 333 g/mol. The molecule has 4 unspecified atom stereocenters. The SMILES string of the molecule is COC1C(=O)C(C=O)C(=O)C(C(=O)C(C)CBr)C1=O. The number of hydrogen-bond donors (Lipinski definition) is 0. The lowest BCUT2D eigenvalue weighted by atomic mass is 9.73. The molecule has 0 amide bonds. The van der Waals surface area contributed by atoms with Gasteiger partial charge >= 0.3 is 0 Å². The van der Waals surface area contributed by atoms with E-state index in [9.17, 15) is 24.0 Å². The van der Waals surface area contributed by atoms with Crippen LogP contribution in [-0.4, -0.2) is 48.0 Å². The van der Waals surface area contributed by atoms with Crippen LogP contribution in [-0.2, 0) is 28.7 Å². The Morgan fingerprint density at radius 3 is 2.32 bits per heavy atom. The van der Waals surface area contributed by atoms with Crippen molar-refractivity contribution in [3.8, 4) is 0 Å². The Kier molecular flexibility index (Phi) is 5.25. The summed E-state index contributed by atoms with van der Waals surface area (Å²) in [6, 6.07) is 0. The fourth-order valence-corrected chi connectivity index (χ4v) is 2.24. The highest BCUT2D eigenvalue weighted by molar-refractivity contribution is 9.09. The monoisotopic (exact) mass is 332 g/mol. The van der Waals surface area contributed by atoms with E-state index in [0.29, 0.717) is 0 Å². The molecule has 6 nitrogen and oxygen atoms in total. The lowest BCUT2D eigenvalue weighted by Crippen LogP contribution is -2.55. The molecule has 1 rings (SSSR count). The highest BCUT2D eigenvalue weighted by Crippen LogP contribution is 2.25. The first-order valence-corrected chi connectivity index (χ1v) is 6.71. The van der Waals surface area contributed by atoms with Gasteiger partial charge in [0.2, 0.25) is 0 Å². The second kappa shape index (κ2) is 6.29. The third-order valence-corrected chi connectivity index (χ3v) is 4.04. The third-order valence-electron chi connectivity index (χ3n) is 3.07. The van der Waals surface area contributed by atoms with Gasteiger partial charge in [-0.25, -0.2) is 0 Å². The zero-order chi connectivity index (χ0) is 14.7. The fraction of sp³-hybridized carbons (Fsp3) is 0.583. The van der Waals surface area contributed by atoms with E-state index in [0.717, 1.165) is 7.11 Å². The van der Waals surface area contributed by atoms with Crippen molar-refractivity contribution in [3.63, 3.8) is 0 Å². The Balaban J connectivity index is 3.19. The normalized spacial score (nSPS) is 29.2. The summed E-state index contributed by atoms with van der Waals surface area (Å²) in [7, 11) is 1.12. The molecule has 1 saturated carbocycles. The van der Waals surface area contributed by atoms with Gasteiger partial charge in [-0.05, 0) is 0 Å². The molecule has 0 radical (unpaired) electrons. The number of alkyl halides is 1. The van der Waals surface area contributed by atoms with Crippen LogP contribution >= 0.6 is 15.9 Å². The molecular formula is C12H13BrO6. The van der Waals surface area contributed by atoms with Crippen LogP contribution in [0.4, 0.5) is 0 Å². The van der Waals surface area contributed by atoms with Gasteiger partial charge in [-0.15, -0.1) is 0 Å². The summed E-state index contributed by atoms with van der Waals surface area (Å²) >= 11 is 3.09. The number of carbonyl (C=O) groups is 5. The number of rotatable bonds is 5. The molecule has 104 valence electrons. The van der Waals surface area contributed by atoms with Crippen LogP contribution in [0.5, 0.6) is 0 Å². The molecule has 1 aliphatic rings. The number of hydrogen-bond acceptors (Lipinski definition) is 6. The smallest absolute Gasteiger partial charge is 0.187 e. The third kappa shape index (κ3) is 2.71. The molecule has 0 aromatic rings. The van der Waals surface area contributed by atoms with Crippen LogP contribution in [0.1, 0.15) is 6.92 Å². The van der Waals surface area contributed by atoms with E-state index in [2.05, 4.69) is 15.9 Å². The van der Waals surface area contributed by atoms with Crippen LogP contribution in [0.3, 0.4) is 0 Å². The summed E-state index contributed by atoms with van der Waals surface area (Å²) in [4.78, 5) is 58.5. The molecule has 0 aliphatic heterocycles. The average Bonchev–Trinajstić information content (AvgIpc) is 2.38. The van der Waals surface area contributed by atoms with Crippen molar-refractivity contribution in [2.45, 2.75) is 13.0 Å². The zero-order valence-corrected chi connectivity index (χ0v) is 12.0. The maximum absolute atomic E-state index is 12.0. The van der Waals surface area contributed by atoms with Crippen molar-refractivity contribution < 1.29 is 28.7 Å². The Morgan fingerprint density at radius 1 is 1.32 bits per heavy atom. The Labute approximate surface area is 118 Å². The molecule has 0 aromatic carbocycles. The van der Waals surface area contributed by atoms with Crippen molar-refractivity contribution in [2.24, 2.45) is 17.8 Å². The maximum atomic E-state index is 12.0. The largest absolute Gasteiger partial charge is 0.366 e. The lowest BCUT2D eigenvalue weighted by molar-refractivity contribution is -0.158. The first-order chi connectivity index (χ1) is 8.90. The van der Waals surface area contributed by atoms with Crippen molar-refractivity contribution >= 4 is 45.3 Å². The predicted molar refractivity (Wildman–Crippen MR) is 66.8 cm³/mol. The molecule has 0 aromatic heterocycles. The van der Waals surface area contributed by atoms with E-state index in [1.165, 1.54) is 0 Å². The summed E-state index contributed by atoms with van der Waals surface area (Å²) < 4.78 is 4.72. The number of aldehydes is 1. The molecular weight excluding hydrogens is 320 g/mol. The lowest BCUT2D eigenvalue weighted by Gasteiger charge is -2.28. The highest BCUT2D eigenvalue weighted by Gasteiger charge is 2.52. The van der Waals surface area contributed by atoms with Crippen molar-refractivity contribution in [1.82, 2.24) is 0 Å². The molecule has 0 bridgehead atoms. The van der Waals surface area contributed by atoms with E-state index >= 15 is 0 Å². The van der Waals surface area contributed by atoms with Crippen LogP contribution in [0.25, 0.3) is 0 Å². The highest BCUT2D eigenvalue weighted by atomic mass is 79.9. The van der Waals surface area contributed by atoms with Gasteiger partial charge in [0.25, 0.3) is 0 Å². The van der Waals surface area contributed by atoms with Crippen LogP contribution < -0.4 is 0 Å². The Hall–Kier alpha value is -1.21. The van der Waals surface area contributed by atoms with Gasteiger partial charge in [0.05, 0.1) is 0 Å². The first kappa shape index (κ1) is 15.8. The number of ether oxygens (including phenoxy) is 1. The summed E-state index contributed by atoms with van der Waals surface area (Å²) in [6.45, 7) is 1.55. The molecule has 7 heteroatoms. The molecule has 4 atom stereocenters. The second-order valence-electron chi connectivity index (χ2n) is 4.33. The quantitative estimate of drug-likeness (QED) is 0.391. The summed E-state index contributed by atoms with van der Waals surface area (Å²) in [5.41, 5.74) is 0. The molecule has 19 heavy (non-hydrogen) atoms. The van der Waals surface area contributed by atoms with Gasteiger partial charge in [0.1, 0.15) is 18.1 Å². The molecule has 0 spiro atoms. The minimum Gasteiger partial charge on any atom is -0.366 e. The molecule has 1 aliphatic carbocycles. The van der Waals surface area contributed by atoms with Gasteiger partial charge in [-0.3, -0.25) is 19.2 Å². The number of ketones is 4. The minimum absolute atomic E-state index is 0.155. The first-order valence-electron chi connectivity index (χ1n) is 5.59. The summed E-state index contributed by atoms with van der Waals surface area (Å²) in [5, 5.41) is 0.278. The zero-order valence-electron chi connectivity index (χ0n) is 10.4. The van der Waals surface area contributed by atoms with E-state index in [4.69, 9.17) is 4.74 Å². The van der Waals surface area contributed by atoms with Gasteiger partial charge in [0, 0.05) is 18.4 Å². The summed E-state index contributed by atoms with van der Waals surface area (Å²) in [5.74, 6) is -7.10. The van der Waals surface area contributed by atoms with Crippen molar-refractivity contribution in [3.05, 3.63) is 0 Å². The van der Waals surface area contributed by atoms with E-state index in [-0.39, 0.29) is 11.6 Å². The number of halogens is 1. The molecule has 1 fully saturated rings. The maximum Gasteiger partial charge on any atom is 0.187 e. The van der Waals surface area contributed by atoms with Crippen LogP contribution in [0.2, 0.25) is 0 Å². The van der Waals surface area contributed by atoms with Gasteiger partial charge < -0.3 is 9.53 Å². The number of methoxy groups -OCH3 is 1. The van der Waals surface area contributed by atoms with E-state index < -0.39 is 47.0 Å². The van der Waals surface area contributed by atoms with Crippen LogP contribution in [0, 0.1) is 17.8 Å². The van der Waals surface area contributed by atoms with Gasteiger partial charge in [-0.1, -0.05) is 22.9 Å². The summed E-state index contributed by atoms with van der Waals surface area (Å²) in [6.07, 6.45) is -1.37.